The van der Waals surface area contributed by atoms with E-state index in [1.54, 1.807) is 35.4 Å². The summed E-state index contributed by atoms with van der Waals surface area (Å²) in [6, 6.07) is 12.7. The third-order valence-corrected chi connectivity index (χ3v) is 6.45. The molecule has 1 unspecified atom stereocenters. The number of benzene rings is 1. The van der Waals surface area contributed by atoms with Crippen molar-refractivity contribution in [3.8, 4) is 5.69 Å². The van der Waals surface area contributed by atoms with Crippen LogP contribution in [0.15, 0.2) is 61.1 Å². The minimum Gasteiger partial charge on any atom is -0.363 e. The second-order valence-electron chi connectivity index (χ2n) is 8.40. The molecular weight excluding hydrogens is 407 g/mol. The zero-order valence-corrected chi connectivity index (χ0v) is 17.5. The molecule has 1 atom stereocenters. The molecule has 0 spiro atoms. The lowest BCUT2D eigenvalue weighted by Crippen LogP contribution is -2.35. The highest BCUT2D eigenvalue weighted by atomic mass is 19.1. The van der Waals surface area contributed by atoms with Crippen LogP contribution in [0.25, 0.3) is 16.6 Å². The van der Waals surface area contributed by atoms with Crippen molar-refractivity contribution in [2.75, 3.05) is 25.0 Å². The molecule has 5 heterocycles. The Morgan fingerprint density at radius 3 is 2.78 bits per heavy atom. The number of hydrogen-bond acceptors (Lipinski definition) is 6. The lowest BCUT2D eigenvalue weighted by molar-refractivity contribution is 0.177. The first-order chi connectivity index (χ1) is 15.7. The maximum atomic E-state index is 14.7. The van der Waals surface area contributed by atoms with Crippen molar-refractivity contribution in [3.63, 3.8) is 0 Å². The Kier molecular flexibility index (Phi) is 4.62. The summed E-state index contributed by atoms with van der Waals surface area (Å²) in [4.78, 5) is 9.36. The van der Waals surface area contributed by atoms with Crippen LogP contribution < -0.4 is 10.6 Å². The fourth-order valence-electron chi connectivity index (χ4n) is 4.59. The fourth-order valence-corrected chi connectivity index (χ4v) is 4.59. The molecule has 3 aromatic heterocycles. The smallest absolute Gasteiger partial charge is 0.148 e. The van der Waals surface area contributed by atoms with Gasteiger partial charge in [0.05, 0.1) is 29.2 Å². The van der Waals surface area contributed by atoms with Crippen molar-refractivity contribution in [3.05, 3.63) is 72.6 Å². The van der Waals surface area contributed by atoms with Crippen LogP contribution in [0.1, 0.15) is 18.5 Å². The van der Waals surface area contributed by atoms with Crippen molar-refractivity contribution in [2.24, 2.45) is 5.92 Å². The Morgan fingerprint density at radius 2 is 2.03 bits per heavy atom. The molecule has 8 heteroatoms. The maximum absolute atomic E-state index is 14.7. The van der Waals surface area contributed by atoms with Gasteiger partial charge in [-0.2, -0.15) is 5.10 Å². The van der Waals surface area contributed by atoms with Gasteiger partial charge in [-0.15, -0.1) is 0 Å². The first-order valence-electron chi connectivity index (χ1n) is 10.9. The largest absolute Gasteiger partial charge is 0.363 e. The third-order valence-electron chi connectivity index (χ3n) is 6.45. The molecule has 0 amide bonds. The predicted molar refractivity (Wildman–Crippen MR) is 120 cm³/mol. The number of aromatic nitrogens is 4. The number of piperidine rings is 1. The highest BCUT2D eigenvalue weighted by Gasteiger charge is 2.54. The highest BCUT2D eigenvalue weighted by Crippen LogP contribution is 2.48. The van der Waals surface area contributed by atoms with Gasteiger partial charge in [-0.05, 0) is 62.2 Å². The highest BCUT2D eigenvalue weighted by molar-refractivity contribution is 5.81. The standard InChI is InChI=1S/C24H23FN6O/c25-19-12-18(31-11-1-8-28-31)3-4-20(19)30-23-13-21-16(14-27-23)2-5-22(29-21)24(15-32-24)17-6-9-26-10-7-17/h1-5,8,11-14,17,26H,6-7,9-10,15H2,(H,27,30). The van der Waals surface area contributed by atoms with Gasteiger partial charge in [-0.25, -0.2) is 19.0 Å². The van der Waals surface area contributed by atoms with E-state index in [1.807, 2.05) is 18.2 Å². The quantitative estimate of drug-likeness (QED) is 0.467. The van der Waals surface area contributed by atoms with Crippen LogP contribution in [0, 0.1) is 11.7 Å². The van der Waals surface area contributed by atoms with Crippen LogP contribution in [0.3, 0.4) is 0 Å². The van der Waals surface area contributed by atoms with E-state index >= 15 is 0 Å². The van der Waals surface area contributed by atoms with Crippen LogP contribution in [0.5, 0.6) is 0 Å². The van der Waals surface area contributed by atoms with Gasteiger partial charge < -0.3 is 15.4 Å². The Morgan fingerprint density at radius 1 is 1.16 bits per heavy atom. The molecule has 32 heavy (non-hydrogen) atoms. The van der Waals surface area contributed by atoms with E-state index in [4.69, 9.17) is 9.72 Å². The number of anilines is 2. The summed E-state index contributed by atoms with van der Waals surface area (Å²) in [6.45, 7) is 2.76. The van der Waals surface area contributed by atoms with Crippen LogP contribution >= 0.6 is 0 Å². The van der Waals surface area contributed by atoms with Gasteiger partial charge >= 0.3 is 0 Å². The van der Waals surface area contributed by atoms with Crippen LogP contribution in [0.4, 0.5) is 15.9 Å². The molecule has 4 aromatic rings. The van der Waals surface area contributed by atoms with Gasteiger partial charge in [0.1, 0.15) is 17.2 Å². The number of hydrogen-bond donors (Lipinski definition) is 2. The van der Waals surface area contributed by atoms with Gasteiger partial charge in [0, 0.05) is 36.1 Å². The van der Waals surface area contributed by atoms with E-state index in [0.29, 0.717) is 23.1 Å². The summed E-state index contributed by atoms with van der Waals surface area (Å²) < 4.78 is 22.3. The SMILES string of the molecule is Fc1cc(-n2cccn2)ccc1Nc1cc2nc(C3(C4CCNCC4)CO3)ccc2cn1. The second kappa shape index (κ2) is 7.65. The molecule has 2 saturated heterocycles. The molecule has 0 bridgehead atoms. The lowest BCUT2D eigenvalue weighted by atomic mass is 9.82. The van der Waals surface area contributed by atoms with E-state index in [-0.39, 0.29) is 11.4 Å². The Bertz CT molecular complexity index is 1260. The molecule has 162 valence electrons. The van der Waals surface area contributed by atoms with Crippen molar-refractivity contribution in [1.82, 2.24) is 25.1 Å². The summed E-state index contributed by atoms with van der Waals surface area (Å²) >= 11 is 0. The summed E-state index contributed by atoms with van der Waals surface area (Å²) in [6.07, 6.45) is 7.38. The first kappa shape index (κ1) is 19.3. The number of halogens is 1. The second-order valence-corrected chi connectivity index (χ2v) is 8.40. The monoisotopic (exact) mass is 430 g/mol. The average Bonchev–Trinajstić information content (AvgIpc) is 3.46. The topological polar surface area (TPSA) is 80.2 Å². The number of ether oxygens (including phenoxy) is 1. The molecule has 0 aliphatic carbocycles. The molecular formula is C24H23FN6O. The van der Waals surface area contributed by atoms with E-state index in [2.05, 4.69) is 26.8 Å². The Balaban J connectivity index is 1.28. The van der Waals surface area contributed by atoms with Crippen molar-refractivity contribution in [2.45, 2.75) is 18.4 Å². The summed E-state index contributed by atoms with van der Waals surface area (Å²) in [7, 11) is 0. The number of rotatable bonds is 5. The zero-order chi connectivity index (χ0) is 21.5. The Labute approximate surface area is 184 Å². The summed E-state index contributed by atoms with van der Waals surface area (Å²) in [5.74, 6) is 0.647. The third kappa shape index (κ3) is 3.41. The average molecular weight is 430 g/mol. The number of pyridine rings is 2. The lowest BCUT2D eigenvalue weighted by Gasteiger charge is -2.28. The van der Waals surface area contributed by atoms with Crippen LogP contribution in [0.2, 0.25) is 0 Å². The molecule has 6 rings (SSSR count). The number of nitrogens with zero attached hydrogens (tertiary/aromatic N) is 4. The molecule has 2 aliphatic rings. The van der Waals surface area contributed by atoms with Crippen LogP contribution in [-0.4, -0.2) is 39.4 Å². The van der Waals surface area contributed by atoms with E-state index in [9.17, 15) is 4.39 Å². The van der Waals surface area contributed by atoms with Crippen LogP contribution in [-0.2, 0) is 10.3 Å². The van der Waals surface area contributed by atoms with Gasteiger partial charge in [0.25, 0.3) is 0 Å². The molecule has 2 fully saturated rings. The molecule has 1 aromatic carbocycles. The molecule has 0 saturated carbocycles. The first-order valence-corrected chi connectivity index (χ1v) is 10.9. The molecule has 7 nitrogen and oxygen atoms in total. The number of fused-ring (bicyclic) bond motifs is 1. The van der Waals surface area contributed by atoms with Crippen molar-refractivity contribution in [1.29, 1.82) is 0 Å². The number of epoxide rings is 1. The predicted octanol–water partition coefficient (Wildman–Crippen LogP) is 3.92. The molecule has 2 aliphatic heterocycles. The van der Waals surface area contributed by atoms with Gasteiger partial charge in [0.2, 0.25) is 0 Å². The molecule has 0 radical (unpaired) electrons. The van der Waals surface area contributed by atoms with Crippen molar-refractivity contribution >= 4 is 22.4 Å². The zero-order valence-electron chi connectivity index (χ0n) is 17.5. The molecule has 2 N–H and O–H groups in total. The fraction of sp³-hybridized carbons (Fsp3) is 0.292. The van der Waals surface area contributed by atoms with Gasteiger partial charge in [-0.3, -0.25) is 0 Å². The summed E-state index contributed by atoms with van der Waals surface area (Å²) in [5, 5.41) is 11.6. The van der Waals surface area contributed by atoms with E-state index in [1.165, 1.54) is 6.07 Å². The van der Waals surface area contributed by atoms with Gasteiger partial charge in [0.15, 0.2) is 0 Å². The van der Waals surface area contributed by atoms with Gasteiger partial charge in [-0.1, -0.05) is 0 Å². The maximum Gasteiger partial charge on any atom is 0.148 e. The minimum atomic E-state index is -0.377. The normalized spacial score (nSPS) is 21.0. The summed E-state index contributed by atoms with van der Waals surface area (Å²) in [5.41, 5.74) is 2.53. The number of nitrogens with one attached hydrogen (secondary N) is 2. The van der Waals surface area contributed by atoms with E-state index < -0.39 is 0 Å². The Hall–Kier alpha value is -3.36. The van der Waals surface area contributed by atoms with Crippen molar-refractivity contribution < 1.29 is 9.13 Å². The van der Waals surface area contributed by atoms with E-state index in [0.717, 1.165) is 49.1 Å². The minimum absolute atomic E-state index is 0.262.